The van der Waals surface area contributed by atoms with Crippen molar-refractivity contribution in [1.29, 1.82) is 0 Å². The Bertz CT molecular complexity index is 649. The lowest BCUT2D eigenvalue weighted by atomic mass is 10.4. The first-order chi connectivity index (χ1) is 8.91. The number of nitrogens with zero attached hydrogens (tertiary/aromatic N) is 4. The Morgan fingerprint density at radius 1 is 1.47 bits per heavy atom. The molecular formula is C9H9N4O5S-. The van der Waals surface area contributed by atoms with E-state index >= 15 is 0 Å². The molecule has 2 atom stereocenters. The van der Waals surface area contributed by atoms with Crippen molar-refractivity contribution >= 4 is 16.9 Å². The van der Waals surface area contributed by atoms with Gasteiger partial charge in [0.1, 0.15) is 12.0 Å². The van der Waals surface area contributed by atoms with Gasteiger partial charge in [-0.3, -0.25) is 4.21 Å². The molecule has 0 bridgehead atoms. The molecule has 102 valence electrons. The predicted octanol–water partition coefficient (Wildman–Crippen LogP) is 0.593. The van der Waals surface area contributed by atoms with Crippen LogP contribution in [0.15, 0.2) is 16.8 Å². The van der Waals surface area contributed by atoms with Gasteiger partial charge in [-0.25, -0.2) is 14.5 Å². The summed E-state index contributed by atoms with van der Waals surface area (Å²) in [5, 5.41) is 9.44. The predicted molar refractivity (Wildman–Crippen MR) is 61.9 cm³/mol. The van der Waals surface area contributed by atoms with Gasteiger partial charge in [0.15, 0.2) is 5.25 Å². The fourth-order valence-electron chi connectivity index (χ4n) is 1.60. The van der Waals surface area contributed by atoms with Crippen molar-refractivity contribution in [3.05, 3.63) is 40.0 Å². The highest BCUT2D eigenvalue weighted by molar-refractivity contribution is 7.79. The average Bonchev–Trinajstić information content (AvgIpc) is 2.87. The summed E-state index contributed by atoms with van der Waals surface area (Å²) in [6.07, 6.45) is 2.36. The topological polar surface area (TPSA) is 127 Å². The van der Waals surface area contributed by atoms with E-state index in [4.69, 9.17) is 4.42 Å². The Balaban J connectivity index is 2.52. The van der Waals surface area contributed by atoms with Crippen LogP contribution in [0.4, 0.5) is 5.82 Å². The molecule has 0 fully saturated rings. The van der Waals surface area contributed by atoms with Crippen molar-refractivity contribution in [2.75, 3.05) is 0 Å². The maximum absolute atomic E-state index is 11.3. The Kier molecular flexibility index (Phi) is 3.44. The van der Waals surface area contributed by atoms with Crippen LogP contribution in [0, 0.1) is 17.0 Å². The van der Waals surface area contributed by atoms with Crippen molar-refractivity contribution in [3.63, 3.8) is 0 Å². The number of aromatic nitrogens is 3. The molecule has 0 radical (unpaired) electrons. The molecule has 2 aromatic rings. The second-order valence-electron chi connectivity index (χ2n) is 3.74. The van der Waals surface area contributed by atoms with Gasteiger partial charge in [-0.2, -0.15) is 0 Å². The summed E-state index contributed by atoms with van der Waals surface area (Å²) in [5.74, 6) is 0.0270. The summed E-state index contributed by atoms with van der Waals surface area (Å²) in [6, 6.07) is 0. The monoisotopic (exact) mass is 285 g/mol. The number of hydrogen-bond donors (Lipinski definition) is 0. The number of oxazole rings is 1. The molecule has 2 rings (SSSR count). The Labute approximate surface area is 109 Å². The Morgan fingerprint density at radius 2 is 2.16 bits per heavy atom. The third-order valence-corrected chi connectivity index (χ3v) is 3.27. The summed E-state index contributed by atoms with van der Waals surface area (Å²) in [7, 11) is 1.36. The van der Waals surface area contributed by atoms with E-state index < -0.39 is 21.3 Å². The molecule has 0 aliphatic carbocycles. The highest BCUT2D eigenvalue weighted by Crippen LogP contribution is 2.28. The lowest BCUT2D eigenvalue weighted by Crippen LogP contribution is -2.14. The van der Waals surface area contributed by atoms with Crippen molar-refractivity contribution < 1.29 is 18.1 Å². The molecule has 2 aromatic heterocycles. The van der Waals surface area contributed by atoms with E-state index in [2.05, 4.69) is 9.97 Å². The van der Waals surface area contributed by atoms with Gasteiger partial charge < -0.3 is 19.1 Å². The molecule has 2 heterocycles. The van der Waals surface area contributed by atoms with Crippen LogP contribution < -0.4 is 0 Å². The zero-order chi connectivity index (χ0) is 14.2. The molecule has 9 nitrogen and oxygen atoms in total. The number of nitro groups is 1. The molecule has 0 saturated carbocycles. The summed E-state index contributed by atoms with van der Waals surface area (Å²) in [6.45, 7) is 1.61. The summed E-state index contributed by atoms with van der Waals surface area (Å²) in [4.78, 5) is 17.7. The smallest absolute Gasteiger partial charge is 0.342 e. The van der Waals surface area contributed by atoms with Crippen LogP contribution in [0.1, 0.15) is 22.7 Å². The first kappa shape index (κ1) is 13.4. The van der Waals surface area contributed by atoms with Crippen LogP contribution in [0.25, 0.3) is 0 Å². The number of aryl methyl sites for hydroxylation is 1. The minimum Gasteiger partial charge on any atom is -0.771 e. The van der Waals surface area contributed by atoms with Gasteiger partial charge in [0.25, 0.3) is 0 Å². The van der Waals surface area contributed by atoms with Gasteiger partial charge in [0.05, 0.1) is 13.2 Å². The molecule has 0 spiro atoms. The van der Waals surface area contributed by atoms with Crippen LogP contribution in [0.5, 0.6) is 0 Å². The fourth-order valence-corrected chi connectivity index (χ4v) is 2.26. The highest BCUT2D eigenvalue weighted by atomic mass is 32.2. The van der Waals surface area contributed by atoms with Crippen molar-refractivity contribution in [1.82, 2.24) is 14.5 Å². The molecule has 0 amide bonds. The van der Waals surface area contributed by atoms with Crippen LogP contribution >= 0.6 is 0 Å². The molecule has 0 aliphatic heterocycles. The summed E-state index contributed by atoms with van der Waals surface area (Å²) >= 11 is -2.61. The first-order valence-corrected chi connectivity index (χ1v) is 6.22. The normalized spacial score (nSPS) is 14.3. The van der Waals surface area contributed by atoms with Crippen LogP contribution in [-0.2, 0) is 18.1 Å². The standard InChI is InChI=1S/C9H10N4O5S/c1-5-3-11-9(18-5)7(19(16)17)8-10-4-6(12(8)2)13(14)15/h3-4,7H,1-2H3,(H,16,17)/p-1. The first-order valence-electron chi connectivity index (χ1n) is 5.08. The van der Waals surface area contributed by atoms with E-state index in [1.807, 2.05) is 0 Å². The molecule has 19 heavy (non-hydrogen) atoms. The molecule has 2 unspecified atom stereocenters. The summed E-state index contributed by atoms with van der Waals surface area (Å²) < 4.78 is 28.9. The molecule has 0 saturated heterocycles. The highest BCUT2D eigenvalue weighted by Gasteiger charge is 2.30. The van der Waals surface area contributed by atoms with Crippen molar-refractivity contribution in [2.24, 2.45) is 7.05 Å². The lowest BCUT2D eigenvalue weighted by Gasteiger charge is -2.13. The Morgan fingerprint density at radius 3 is 2.58 bits per heavy atom. The maximum atomic E-state index is 11.3. The lowest BCUT2D eigenvalue weighted by molar-refractivity contribution is -0.391. The third-order valence-electron chi connectivity index (χ3n) is 2.48. The quantitative estimate of drug-likeness (QED) is 0.457. The largest absolute Gasteiger partial charge is 0.771 e. The van der Waals surface area contributed by atoms with Crippen LogP contribution in [0.2, 0.25) is 0 Å². The Hall–Kier alpha value is -2.07. The van der Waals surface area contributed by atoms with Gasteiger partial charge >= 0.3 is 5.82 Å². The van der Waals surface area contributed by atoms with Gasteiger partial charge in [-0.15, -0.1) is 0 Å². The SMILES string of the molecule is Cc1cnc(C(c2ncc([N+](=O)[O-])n2C)S(=O)[O-])o1. The average molecular weight is 285 g/mol. The van der Waals surface area contributed by atoms with E-state index in [1.54, 1.807) is 6.92 Å². The minimum absolute atomic E-state index is 0.0260. The van der Waals surface area contributed by atoms with E-state index in [9.17, 15) is 18.9 Å². The molecule has 0 N–H and O–H groups in total. The number of imidazole rings is 1. The number of rotatable bonds is 4. The molecule has 0 aromatic carbocycles. The van der Waals surface area contributed by atoms with E-state index in [0.717, 1.165) is 10.8 Å². The second kappa shape index (κ2) is 4.90. The van der Waals surface area contributed by atoms with Gasteiger partial charge in [0, 0.05) is 0 Å². The van der Waals surface area contributed by atoms with Gasteiger partial charge in [0.2, 0.25) is 11.7 Å². The van der Waals surface area contributed by atoms with Gasteiger partial charge in [-0.1, -0.05) is 0 Å². The number of hydrogen-bond acceptors (Lipinski definition) is 7. The molecular weight excluding hydrogens is 276 g/mol. The van der Waals surface area contributed by atoms with Gasteiger partial charge in [-0.05, 0) is 22.9 Å². The van der Waals surface area contributed by atoms with E-state index in [1.165, 1.54) is 13.2 Å². The van der Waals surface area contributed by atoms with Crippen LogP contribution in [-0.4, -0.2) is 28.2 Å². The zero-order valence-electron chi connectivity index (χ0n) is 9.97. The second-order valence-corrected chi connectivity index (χ2v) is 4.73. The fraction of sp³-hybridized carbons (Fsp3) is 0.333. The van der Waals surface area contributed by atoms with Crippen molar-refractivity contribution in [2.45, 2.75) is 12.2 Å². The van der Waals surface area contributed by atoms with Crippen molar-refractivity contribution in [3.8, 4) is 0 Å². The molecule has 10 heteroatoms. The zero-order valence-corrected chi connectivity index (χ0v) is 10.8. The van der Waals surface area contributed by atoms with E-state index in [-0.39, 0.29) is 17.5 Å². The summed E-state index contributed by atoms with van der Waals surface area (Å²) in [5.41, 5.74) is 0. The third kappa shape index (κ3) is 2.39. The maximum Gasteiger partial charge on any atom is 0.342 e. The van der Waals surface area contributed by atoms with E-state index in [0.29, 0.717) is 5.76 Å². The molecule has 0 aliphatic rings. The van der Waals surface area contributed by atoms with Crippen LogP contribution in [0.3, 0.4) is 0 Å². The minimum atomic E-state index is -2.61.